The molecule has 1 aromatic heterocycles. The zero-order valence-electron chi connectivity index (χ0n) is 20.5. The third-order valence-corrected chi connectivity index (χ3v) is 7.04. The van der Waals surface area contributed by atoms with Gasteiger partial charge >= 0.3 is 0 Å². The fourth-order valence-electron chi connectivity index (χ4n) is 4.97. The number of anilines is 1. The first-order chi connectivity index (χ1) is 17.7. The molecule has 1 atom stereocenters. The first-order valence-electron chi connectivity index (χ1n) is 12.7. The van der Waals surface area contributed by atoms with Gasteiger partial charge in [-0.1, -0.05) is 42.5 Å². The smallest absolute Gasteiger partial charge is 0.227 e. The monoisotopic (exact) mass is 485 g/mol. The minimum Gasteiger partial charge on any atom is -0.354 e. The van der Waals surface area contributed by atoms with E-state index in [1.165, 1.54) is 17.7 Å². The molecule has 2 aromatic carbocycles. The van der Waals surface area contributed by atoms with Crippen LogP contribution in [0.3, 0.4) is 0 Å². The maximum absolute atomic E-state index is 13.3. The van der Waals surface area contributed by atoms with E-state index in [0.717, 1.165) is 63.5 Å². The number of aromatic nitrogens is 2. The lowest BCUT2D eigenvalue weighted by molar-refractivity contribution is -0.137. The third-order valence-electron chi connectivity index (χ3n) is 7.04. The molecule has 1 unspecified atom stereocenters. The molecular formula is C29H32FN5O. The van der Waals surface area contributed by atoms with E-state index in [0.29, 0.717) is 12.2 Å². The Hall–Kier alpha value is -3.58. The molecule has 2 fully saturated rings. The van der Waals surface area contributed by atoms with Crippen molar-refractivity contribution in [1.29, 1.82) is 0 Å². The molecule has 7 heteroatoms. The molecule has 2 aliphatic rings. The highest BCUT2D eigenvalue weighted by atomic mass is 19.1. The Morgan fingerprint density at radius 1 is 0.917 bits per heavy atom. The molecule has 0 bridgehead atoms. The SMILES string of the molecule is O=C(C1CCCN(c2ccc(-c3ccc(F)cc3)nn2)C1)N1CCN(C/C=C/c2ccccc2)CC1. The van der Waals surface area contributed by atoms with Gasteiger partial charge in [-0.05, 0) is 54.8 Å². The molecule has 3 aromatic rings. The van der Waals surface area contributed by atoms with Gasteiger partial charge in [0.1, 0.15) is 5.82 Å². The summed E-state index contributed by atoms with van der Waals surface area (Å²) >= 11 is 0. The first-order valence-corrected chi connectivity index (χ1v) is 12.7. The molecule has 0 spiro atoms. The lowest BCUT2D eigenvalue weighted by atomic mass is 9.96. The number of carbonyl (C=O) groups excluding carboxylic acids is 1. The topological polar surface area (TPSA) is 52.6 Å². The molecular weight excluding hydrogens is 453 g/mol. The fraction of sp³-hybridized carbons (Fsp3) is 0.345. The number of hydrogen-bond donors (Lipinski definition) is 0. The summed E-state index contributed by atoms with van der Waals surface area (Å²) in [4.78, 5) is 19.9. The van der Waals surface area contributed by atoms with E-state index in [1.54, 1.807) is 12.1 Å². The van der Waals surface area contributed by atoms with Gasteiger partial charge in [0.15, 0.2) is 5.82 Å². The average molecular weight is 486 g/mol. The Labute approximate surface area is 212 Å². The van der Waals surface area contributed by atoms with Gasteiger partial charge in [-0.2, -0.15) is 0 Å². The van der Waals surface area contributed by atoms with Crippen molar-refractivity contribution >= 4 is 17.8 Å². The molecule has 0 radical (unpaired) electrons. The van der Waals surface area contributed by atoms with Gasteiger partial charge in [0, 0.05) is 51.4 Å². The van der Waals surface area contributed by atoms with Crippen LogP contribution < -0.4 is 4.90 Å². The largest absolute Gasteiger partial charge is 0.354 e. The van der Waals surface area contributed by atoms with Gasteiger partial charge in [-0.3, -0.25) is 9.69 Å². The predicted octanol–water partition coefficient (Wildman–Crippen LogP) is 4.36. The maximum atomic E-state index is 13.3. The number of piperazine rings is 1. The Kier molecular flexibility index (Phi) is 7.67. The van der Waals surface area contributed by atoms with E-state index >= 15 is 0 Å². The Morgan fingerprint density at radius 2 is 1.69 bits per heavy atom. The van der Waals surface area contributed by atoms with Crippen LogP contribution in [-0.2, 0) is 4.79 Å². The van der Waals surface area contributed by atoms with Crippen molar-refractivity contribution in [2.75, 3.05) is 50.7 Å². The Bertz CT molecular complexity index is 1160. The van der Waals surface area contributed by atoms with Gasteiger partial charge in [0.25, 0.3) is 0 Å². The van der Waals surface area contributed by atoms with Crippen LogP contribution in [0.15, 0.2) is 72.8 Å². The van der Waals surface area contributed by atoms with Crippen molar-refractivity contribution < 1.29 is 9.18 Å². The highest BCUT2D eigenvalue weighted by Gasteiger charge is 2.31. The zero-order valence-corrected chi connectivity index (χ0v) is 20.5. The van der Waals surface area contributed by atoms with Crippen molar-refractivity contribution in [3.05, 3.63) is 84.2 Å². The van der Waals surface area contributed by atoms with Crippen molar-refractivity contribution in [2.24, 2.45) is 5.92 Å². The van der Waals surface area contributed by atoms with Gasteiger partial charge in [0.2, 0.25) is 5.91 Å². The number of rotatable bonds is 6. The molecule has 3 heterocycles. The number of hydrogen-bond acceptors (Lipinski definition) is 5. The number of benzene rings is 2. The van der Waals surface area contributed by atoms with Crippen molar-refractivity contribution in [3.63, 3.8) is 0 Å². The quantitative estimate of drug-likeness (QED) is 0.520. The highest BCUT2D eigenvalue weighted by Crippen LogP contribution is 2.25. The van der Waals surface area contributed by atoms with E-state index in [2.05, 4.69) is 44.3 Å². The molecule has 0 saturated carbocycles. The van der Waals surface area contributed by atoms with Crippen LogP contribution in [0, 0.1) is 11.7 Å². The van der Waals surface area contributed by atoms with Crippen molar-refractivity contribution in [1.82, 2.24) is 20.0 Å². The second-order valence-electron chi connectivity index (χ2n) is 9.51. The second-order valence-corrected chi connectivity index (χ2v) is 9.51. The minimum absolute atomic E-state index is 0.0122. The summed E-state index contributed by atoms with van der Waals surface area (Å²) in [6, 6.07) is 20.4. The molecule has 186 valence electrons. The minimum atomic E-state index is -0.270. The average Bonchev–Trinajstić information content (AvgIpc) is 2.94. The lowest BCUT2D eigenvalue weighted by Gasteiger charge is -2.39. The maximum Gasteiger partial charge on any atom is 0.227 e. The first kappa shape index (κ1) is 24.1. The van der Waals surface area contributed by atoms with E-state index < -0.39 is 0 Å². The van der Waals surface area contributed by atoms with Crippen LogP contribution in [-0.4, -0.2) is 71.7 Å². The number of carbonyl (C=O) groups is 1. The summed E-state index contributed by atoms with van der Waals surface area (Å²) in [6.45, 7) is 5.80. The van der Waals surface area contributed by atoms with Gasteiger partial charge < -0.3 is 9.80 Å². The van der Waals surface area contributed by atoms with E-state index in [1.807, 2.05) is 35.2 Å². The molecule has 2 saturated heterocycles. The van der Waals surface area contributed by atoms with Crippen molar-refractivity contribution in [2.45, 2.75) is 12.8 Å². The number of amides is 1. The number of nitrogens with zero attached hydrogens (tertiary/aromatic N) is 5. The van der Waals surface area contributed by atoms with E-state index in [4.69, 9.17) is 0 Å². The van der Waals surface area contributed by atoms with Crippen molar-refractivity contribution in [3.8, 4) is 11.3 Å². The second kappa shape index (κ2) is 11.4. The number of piperidine rings is 1. The third kappa shape index (κ3) is 5.97. The predicted molar refractivity (Wildman–Crippen MR) is 141 cm³/mol. The van der Waals surface area contributed by atoms with Crippen LogP contribution in [0.2, 0.25) is 0 Å². The standard InChI is InChI=1S/C29H32FN5O/c30-26-12-10-24(11-13-26)27-14-15-28(32-31-27)35-17-5-9-25(22-35)29(36)34-20-18-33(19-21-34)16-4-8-23-6-2-1-3-7-23/h1-4,6-8,10-15,25H,5,9,16-22H2/b8-4+. The Morgan fingerprint density at radius 3 is 2.42 bits per heavy atom. The summed E-state index contributed by atoms with van der Waals surface area (Å²) in [7, 11) is 0. The molecule has 0 aliphatic carbocycles. The van der Waals surface area contributed by atoms with Gasteiger partial charge in [-0.25, -0.2) is 4.39 Å². The number of halogens is 1. The lowest BCUT2D eigenvalue weighted by Crippen LogP contribution is -2.52. The Balaban J connectivity index is 1.12. The molecule has 36 heavy (non-hydrogen) atoms. The normalized spacial score (nSPS) is 19.1. The highest BCUT2D eigenvalue weighted by molar-refractivity contribution is 5.80. The van der Waals surface area contributed by atoms with Crippen LogP contribution in [0.5, 0.6) is 0 Å². The molecule has 2 aliphatic heterocycles. The van der Waals surface area contributed by atoms with Gasteiger partial charge in [-0.15, -0.1) is 10.2 Å². The van der Waals surface area contributed by atoms with E-state index in [9.17, 15) is 9.18 Å². The molecule has 6 nitrogen and oxygen atoms in total. The van der Waals surface area contributed by atoms with Crippen LogP contribution in [0.25, 0.3) is 17.3 Å². The fourth-order valence-corrected chi connectivity index (χ4v) is 4.97. The summed E-state index contributed by atoms with van der Waals surface area (Å²) in [5.41, 5.74) is 2.75. The van der Waals surface area contributed by atoms with Gasteiger partial charge in [0.05, 0.1) is 11.6 Å². The summed E-state index contributed by atoms with van der Waals surface area (Å²) < 4.78 is 13.2. The summed E-state index contributed by atoms with van der Waals surface area (Å²) in [5.74, 6) is 0.763. The van der Waals surface area contributed by atoms with E-state index in [-0.39, 0.29) is 17.6 Å². The molecule has 5 rings (SSSR count). The van der Waals surface area contributed by atoms with Crippen LogP contribution in [0.4, 0.5) is 10.2 Å². The summed E-state index contributed by atoms with van der Waals surface area (Å²) in [6.07, 6.45) is 6.23. The molecule has 1 amide bonds. The summed E-state index contributed by atoms with van der Waals surface area (Å²) in [5, 5.41) is 8.76. The zero-order chi connectivity index (χ0) is 24.7. The van der Waals surface area contributed by atoms with Crippen LogP contribution >= 0.6 is 0 Å². The molecule has 0 N–H and O–H groups in total. The van der Waals surface area contributed by atoms with Crippen LogP contribution in [0.1, 0.15) is 18.4 Å².